The Morgan fingerprint density at radius 1 is 1.44 bits per heavy atom. The summed E-state index contributed by atoms with van der Waals surface area (Å²) in [4.78, 5) is 30.8. The number of nitrogens with one attached hydrogen (secondary N) is 1. The lowest BCUT2D eigenvalue weighted by Crippen LogP contribution is -2.28. The zero-order valence-electron chi connectivity index (χ0n) is 14.2. The average Bonchev–Trinajstić information content (AvgIpc) is 3.17. The van der Waals surface area contributed by atoms with E-state index >= 15 is 0 Å². The molecule has 1 N–H and O–H groups in total. The SMILES string of the molecule is CC(C)c1csc(NC(=O)C2CC(=O)N(Cc3ccccc3Cl)C2)n1. The summed E-state index contributed by atoms with van der Waals surface area (Å²) in [6, 6.07) is 7.44. The molecular formula is C18H20ClN3O2S. The minimum atomic E-state index is -0.360. The van der Waals surface area contributed by atoms with Gasteiger partial charge >= 0.3 is 0 Å². The molecule has 5 nitrogen and oxygen atoms in total. The molecule has 2 amide bonds. The number of benzene rings is 1. The molecule has 0 spiro atoms. The third kappa shape index (κ3) is 4.19. The Morgan fingerprint density at radius 2 is 2.20 bits per heavy atom. The van der Waals surface area contributed by atoms with Gasteiger partial charge < -0.3 is 10.2 Å². The first-order chi connectivity index (χ1) is 11.9. The second kappa shape index (κ2) is 7.54. The maximum atomic E-state index is 12.5. The van der Waals surface area contributed by atoms with Gasteiger partial charge in [-0.3, -0.25) is 9.59 Å². The van der Waals surface area contributed by atoms with Gasteiger partial charge in [0.2, 0.25) is 11.8 Å². The van der Waals surface area contributed by atoms with E-state index in [-0.39, 0.29) is 24.2 Å². The summed E-state index contributed by atoms with van der Waals surface area (Å²) in [6.07, 6.45) is 0.221. The van der Waals surface area contributed by atoms with Crippen LogP contribution in [0.2, 0.25) is 5.02 Å². The Kier molecular flexibility index (Phi) is 5.39. The minimum absolute atomic E-state index is 0.0259. The van der Waals surface area contributed by atoms with Crippen LogP contribution in [0.5, 0.6) is 0 Å². The first kappa shape index (κ1) is 17.9. The maximum Gasteiger partial charge on any atom is 0.231 e. The van der Waals surface area contributed by atoms with Crippen molar-refractivity contribution in [1.29, 1.82) is 0 Å². The third-order valence-corrected chi connectivity index (χ3v) is 5.39. The summed E-state index contributed by atoms with van der Waals surface area (Å²) in [5, 5.41) is 6.01. The number of likely N-dealkylation sites (tertiary alicyclic amines) is 1. The number of aromatic nitrogens is 1. The van der Waals surface area contributed by atoms with Gasteiger partial charge in [-0.2, -0.15) is 0 Å². The standard InChI is InChI=1S/C18H20ClN3O2S/c1-11(2)15-10-25-18(20-15)21-17(24)13-7-16(23)22(9-13)8-12-5-3-4-6-14(12)19/h3-6,10-11,13H,7-9H2,1-2H3,(H,20,21,24). The lowest BCUT2D eigenvalue weighted by molar-refractivity contribution is -0.128. The van der Waals surface area contributed by atoms with Gasteiger partial charge in [-0.25, -0.2) is 4.98 Å². The lowest BCUT2D eigenvalue weighted by atomic mass is 10.1. The minimum Gasteiger partial charge on any atom is -0.337 e. The van der Waals surface area contributed by atoms with Crippen molar-refractivity contribution in [2.24, 2.45) is 5.92 Å². The summed E-state index contributed by atoms with van der Waals surface area (Å²) in [6.45, 7) is 4.95. The predicted octanol–water partition coefficient (Wildman–Crippen LogP) is 3.91. The molecule has 0 saturated carbocycles. The molecule has 1 aliphatic heterocycles. The maximum absolute atomic E-state index is 12.5. The van der Waals surface area contributed by atoms with Crippen LogP contribution in [0.4, 0.5) is 5.13 Å². The number of amides is 2. The largest absolute Gasteiger partial charge is 0.337 e. The highest BCUT2D eigenvalue weighted by atomic mass is 35.5. The summed E-state index contributed by atoms with van der Waals surface area (Å²) in [5.74, 6) is -0.218. The summed E-state index contributed by atoms with van der Waals surface area (Å²) < 4.78 is 0. The molecule has 132 valence electrons. The fourth-order valence-electron chi connectivity index (χ4n) is 2.75. The van der Waals surface area contributed by atoms with Crippen LogP contribution < -0.4 is 5.32 Å². The normalized spacial score (nSPS) is 17.4. The van der Waals surface area contributed by atoms with Crippen LogP contribution in [0.25, 0.3) is 0 Å². The number of thiazole rings is 1. The van der Waals surface area contributed by atoms with Gasteiger partial charge in [0.1, 0.15) is 0 Å². The van der Waals surface area contributed by atoms with Crippen LogP contribution in [-0.4, -0.2) is 28.2 Å². The van der Waals surface area contributed by atoms with Gasteiger partial charge in [0.15, 0.2) is 5.13 Å². The zero-order valence-corrected chi connectivity index (χ0v) is 15.7. The van der Waals surface area contributed by atoms with Gasteiger partial charge in [0, 0.05) is 29.9 Å². The number of halogens is 1. The van der Waals surface area contributed by atoms with E-state index in [1.165, 1.54) is 11.3 Å². The predicted molar refractivity (Wildman–Crippen MR) is 99.8 cm³/mol. The van der Waals surface area contributed by atoms with Crippen molar-refractivity contribution in [1.82, 2.24) is 9.88 Å². The van der Waals surface area contributed by atoms with Gasteiger partial charge in [-0.15, -0.1) is 11.3 Å². The highest BCUT2D eigenvalue weighted by molar-refractivity contribution is 7.13. The van der Waals surface area contributed by atoms with Crippen molar-refractivity contribution in [2.75, 3.05) is 11.9 Å². The third-order valence-electron chi connectivity index (χ3n) is 4.25. The van der Waals surface area contributed by atoms with Gasteiger partial charge in [-0.05, 0) is 17.5 Å². The topological polar surface area (TPSA) is 62.3 Å². The van der Waals surface area contributed by atoms with Crippen LogP contribution in [0, 0.1) is 5.92 Å². The van der Waals surface area contributed by atoms with E-state index in [0.717, 1.165) is 11.3 Å². The number of rotatable bonds is 5. The number of carbonyl (C=O) groups excluding carboxylic acids is 2. The first-order valence-electron chi connectivity index (χ1n) is 8.21. The highest BCUT2D eigenvalue weighted by Gasteiger charge is 2.34. The molecule has 1 aliphatic rings. The van der Waals surface area contributed by atoms with E-state index in [0.29, 0.717) is 29.2 Å². The molecule has 1 aromatic heterocycles. The smallest absolute Gasteiger partial charge is 0.231 e. The highest BCUT2D eigenvalue weighted by Crippen LogP contribution is 2.26. The van der Waals surface area contributed by atoms with Crippen LogP contribution in [-0.2, 0) is 16.1 Å². The van der Waals surface area contributed by atoms with Crippen molar-refractivity contribution in [3.63, 3.8) is 0 Å². The summed E-state index contributed by atoms with van der Waals surface area (Å²) in [5.41, 5.74) is 1.85. The molecule has 2 heterocycles. The Morgan fingerprint density at radius 3 is 2.88 bits per heavy atom. The molecule has 7 heteroatoms. The molecule has 0 aliphatic carbocycles. The lowest BCUT2D eigenvalue weighted by Gasteiger charge is -2.17. The number of carbonyl (C=O) groups is 2. The molecule has 1 unspecified atom stereocenters. The Labute approximate surface area is 156 Å². The van der Waals surface area contributed by atoms with Crippen LogP contribution in [0.3, 0.4) is 0 Å². The Balaban J connectivity index is 1.61. The van der Waals surface area contributed by atoms with E-state index < -0.39 is 0 Å². The molecule has 1 saturated heterocycles. The number of hydrogen-bond acceptors (Lipinski definition) is 4. The molecule has 1 fully saturated rings. The second-order valence-corrected chi connectivity index (χ2v) is 7.75. The van der Waals surface area contributed by atoms with Crippen LogP contribution >= 0.6 is 22.9 Å². The summed E-state index contributed by atoms with van der Waals surface area (Å²) in [7, 11) is 0. The second-order valence-electron chi connectivity index (χ2n) is 6.49. The van der Waals surface area contributed by atoms with E-state index in [4.69, 9.17) is 11.6 Å². The Bertz CT molecular complexity index is 790. The van der Waals surface area contributed by atoms with E-state index in [1.54, 1.807) is 11.0 Å². The van der Waals surface area contributed by atoms with Crippen molar-refractivity contribution in [2.45, 2.75) is 32.7 Å². The molecule has 25 heavy (non-hydrogen) atoms. The fraction of sp³-hybridized carbons (Fsp3) is 0.389. The van der Waals surface area contributed by atoms with Gasteiger partial charge in [-0.1, -0.05) is 43.6 Å². The van der Waals surface area contributed by atoms with Crippen molar-refractivity contribution in [3.05, 3.63) is 45.9 Å². The number of nitrogens with zero attached hydrogens (tertiary/aromatic N) is 2. The van der Waals surface area contributed by atoms with Gasteiger partial charge in [0.05, 0.1) is 11.6 Å². The van der Waals surface area contributed by atoms with Gasteiger partial charge in [0.25, 0.3) is 0 Å². The van der Waals surface area contributed by atoms with Crippen LogP contribution in [0.15, 0.2) is 29.6 Å². The number of hydrogen-bond donors (Lipinski definition) is 1. The van der Waals surface area contributed by atoms with E-state index in [9.17, 15) is 9.59 Å². The number of anilines is 1. The quantitative estimate of drug-likeness (QED) is 0.859. The molecule has 1 atom stereocenters. The molecule has 2 aromatic rings. The first-order valence-corrected chi connectivity index (χ1v) is 9.47. The molecule has 0 radical (unpaired) electrons. The fourth-order valence-corrected chi connectivity index (χ4v) is 3.82. The van der Waals surface area contributed by atoms with Crippen molar-refractivity contribution < 1.29 is 9.59 Å². The monoisotopic (exact) mass is 377 g/mol. The van der Waals surface area contributed by atoms with Crippen LogP contribution in [0.1, 0.15) is 37.4 Å². The van der Waals surface area contributed by atoms with E-state index in [1.807, 2.05) is 23.6 Å². The molecular weight excluding hydrogens is 358 g/mol. The zero-order chi connectivity index (χ0) is 18.0. The summed E-state index contributed by atoms with van der Waals surface area (Å²) >= 11 is 7.57. The van der Waals surface area contributed by atoms with E-state index in [2.05, 4.69) is 24.1 Å². The molecule has 3 rings (SSSR count). The average molecular weight is 378 g/mol. The van der Waals surface area contributed by atoms with Crippen molar-refractivity contribution in [3.8, 4) is 0 Å². The Hall–Kier alpha value is -1.92. The van der Waals surface area contributed by atoms with Crippen molar-refractivity contribution >= 4 is 39.9 Å². The molecule has 0 bridgehead atoms. The molecule has 1 aromatic carbocycles.